The Kier molecular flexibility index (Phi) is 5.14. The number of hydrogen-bond donors (Lipinski definition) is 0. The second kappa shape index (κ2) is 7.07. The van der Waals surface area contributed by atoms with Crippen LogP contribution in [0.1, 0.15) is 37.7 Å². The van der Waals surface area contributed by atoms with Gasteiger partial charge < -0.3 is 4.74 Å². The number of ether oxygens (including phenoxy) is 1. The number of para-hydroxylation sites is 1. The van der Waals surface area contributed by atoms with Crippen LogP contribution in [0.25, 0.3) is 5.69 Å². The number of aromatic nitrogens is 2. The SMILES string of the molecule is CCOC(=O)Cc1c(CC)nn(-c2ccccc2)c1CC. The van der Waals surface area contributed by atoms with Gasteiger partial charge in [0.05, 0.1) is 24.4 Å². The molecule has 0 aliphatic carbocycles. The van der Waals surface area contributed by atoms with E-state index in [9.17, 15) is 4.79 Å². The van der Waals surface area contributed by atoms with Crippen LogP contribution in [0.3, 0.4) is 0 Å². The van der Waals surface area contributed by atoms with E-state index in [4.69, 9.17) is 9.84 Å². The standard InChI is InChI=1S/C17H22N2O2/c1-4-15-14(12-17(20)21-6-3)16(5-2)19(18-15)13-10-8-7-9-11-13/h7-11H,4-6,12H2,1-3H3. The summed E-state index contributed by atoms with van der Waals surface area (Å²) in [6.07, 6.45) is 1.94. The van der Waals surface area contributed by atoms with Gasteiger partial charge in [-0.05, 0) is 31.9 Å². The summed E-state index contributed by atoms with van der Waals surface area (Å²) in [5, 5.41) is 4.69. The third kappa shape index (κ3) is 3.32. The molecule has 4 heteroatoms. The molecule has 0 saturated heterocycles. The maximum Gasteiger partial charge on any atom is 0.310 e. The summed E-state index contributed by atoms with van der Waals surface area (Å²) in [5.74, 6) is -0.186. The zero-order chi connectivity index (χ0) is 15.2. The molecule has 0 spiro atoms. The van der Waals surface area contributed by atoms with Crippen LogP contribution in [-0.2, 0) is 28.8 Å². The van der Waals surface area contributed by atoms with Gasteiger partial charge in [0.1, 0.15) is 0 Å². The molecule has 0 aliphatic heterocycles. The van der Waals surface area contributed by atoms with E-state index in [1.54, 1.807) is 0 Å². The number of rotatable bonds is 6. The normalized spacial score (nSPS) is 10.6. The summed E-state index contributed by atoms with van der Waals surface area (Å²) in [6.45, 7) is 6.39. The van der Waals surface area contributed by atoms with Crippen LogP contribution in [0.5, 0.6) is 0 Å². The third-order valence-corrected chi connectivity index (χ3v) is 3.47. The molecule has 0 unspecified atom stereocenters. The van der Waals surface area contributed by atoms with Gasteiger partial charge in [0.2, 0.25) is 0 Å². The van der Waals surface area contributed by atoms with E-state index in [2.05, 4.69) is 13.8 Å². The molecule has 112 valence electrons. The van der Waals surface area contributed by atoms with Crippen molar-refractivity contribution in [3.63, 3.8) is 0 Å². The molecule has 1 heterocycles. The van der Waals surface area contributed by atoms with Crippen molar-refractivity contribution < 1.29 is 9.53 Å². The van der Waals surface area contributed by atoms with Gasteiger partial charge in [0.15, 0.2) is 0 Å². The van der Waals surface area contributed by atoms with E-state index in [0.29, 0.717) is 13.0 Å². The summed E-state index contributed by atoms with van der Waals surface area (Å²) >= 11 is 0. The minimum Gasteiger partial charge on any atom is -0.466 e. The summed E-state index contributed by atoms with van der Waals surface area (Å²) in [6, 6.07) is 10.0. The molecule has 0 amide bonds. The highest BCUT2D eigenvalue weighted by molar-refractivity contribution is 5.73. The smallest absolute Gasteiger partial charge is 0.310 e. The monoisotopic (exact) mass is 286 g/mol. The van der Waals surface area contributed by atoms with Gasteiger partial charge in [0.25, 0.3) is 0 Å². The second-order valence-corrected chi connectivity index (χ2v) is 4.81. The predicted octanol–water partition coefficient (Wildman–Crippen LogP) is 3.10. The van der Waals surface area contributed by atoms with Crippen LogP contribution in [0, 0.1) is 0 Å². The molecule has 4 nitrogen and oxygen atoms in total. The lowest BCUT2D eigenvalue weighted by Crippen LogP contribution is -2.10. The fourth-order valence-electron chi connectivity index (χ4n) is 2.53. The van der Waals surface area contributed by atoms with Crippen molar-refractivity contribution >= 4 is 5.97 Å². The molecule has 1 aromatic carbocycles. The fourth-order valence-corrected chi connectivity index (χ4v) is 2.53. The van der Waals surface area contributed by atoms with Crippen molar-refractivity contribution in [2.45, 2.75) is 40.0 Å². The van der Waals surface area contributed by atoms with E-state index in [1.165, 1.54) is 0 Å². The minimum absolute atomic E-state index is 0.186. The lowest BCUT2D eigenvalue weighted by atomic mass is 10.1. The summed E-state index contributed by atoms with van der Waals surface area (Å²) in [7, 11) is 0. The lowest BCUT2D eigenvalue weighted by Gasteiger charge is -2.07. The molecule has 0 bridgehead atoms. The van der Waals surface area contributed by atoms with Gasteiger partial charge in [-0.15, -0.1) is 0 Å². The maximum absolute atomic E-state index is 11.8. The number of hydrogen-bond acceptors (Lipinski definition) is 3. The highest BCUT2D eigenvalue weighted by Gasteiger charge is 2.19. The van der Waals surface area contributed by atoms with Crippen molar-refractivity contribution in [1.29, 1.82) is 0 Å². The van der Waals surface area contributed by atoms with Gasteiger partial charge in [-0.1, -0.05) is 32.0 Å². The van der Waals surface area contributed by atoms with Gasteiger partial charge in [-0.25, -0.2) is 4.68 Å². The van der Waals surface area contributed by atoms with E-state index < -0.39 is 0 Å². The molecule has 2 aromatic rings. The number of esters is 1. The first-order valence-corrected chi connectivity index (χ1v) is 7.51. The molecular weight excluding hydrogens is 264 g/mol. The van der Waals surface area contributed by atoms with Gasteiger partial charge in [0, 0.05) is 11.3 Å². The van der Waals surface area contributed by atoms with Crippen molar-refractivity contribution in [3.8, 4) is 5.69 Å². The van der Waals surface area contributed by atoms with Crippen molar-refractivity contribution in [2.24, 2.45) is 0 Å². The average molecular weight is 286 g/mol. The molecule has 0 N–H and O–H groups in total. The topological polar surface area (TPSA) is 44.1 Å². The zero-order valence-electron chi connectivity index (χ0n) is 12.9. The van der Waals surface area contributed by atoms with Gasteiger partial charge >= 0.3 is 5.97 Å². The Morgan fingerprint density at radius 2 is 1.86 bits per heavy atom. The van der Waals surface area contributed by atoms with E-state index >= 15 is 0 Å². The maximum atomic E-state index is 11.8. The molecule has 0 atom stereocenters. The first kappa shape index (κ1) is 15.3. The van der Waals surface area contributed by atoms with E-state index in [-0.39, 0.29) is 5.97 Å². The fraction of sp³-hybridized carbons (Fsp3) is 0.412. The van der Waals surface area contributed by atoms with Gasteiger partial charge in [-0.3, -0.25) is 4.79 Å². The van der Waals surface area contributed by atoms with Crippen molar-refractivity contribution in [2.75, 3.05) is 6.61 Å². The first-order valence-electron chi connectivity index (χ1n) is 7.51. The zero-order valence-corrected chi connectivity index (χ0v) is 12.9. The van der Waals surface area contributed by atoms with E-state index in [1.807, 2.05) is 41.9 Å². The number of carbonyl (C=O) groups is 1. The lowest BCUT2D eigenvalue weighted by molar-refractivity contribution is -0.142. The van der Waals surface area contributed by atoms with Crippen molar-refractivity contribution in [1.82, 2.24) is 9.78 Å². The van der Waals surface area contributed by atoms with E-state index in [0.717, 1.165) is 35.5 Å². The Bertz CT molecular complexity index is 603. The molecular formula is C17H22N2O2. The quantitative estimate of drug-likeness (QED) is 0.766. The minimum atomic E-state index is -0.186. The van der Waals surface area contributed by atoms with Crippen molar-refractivity contribution in [3.05, 3.63) is 47.3 Å². The summed E-state index contributed by atoms with van der Waals surface area (Å²) in [4.78, 5) is 11.8. The van der Waals surface area contributed by atoms with Gasteiger partial charge in [-0.2, -0.15) is 5.10 Å². The second-order valence-electron chi connectivity index (χ2n) is 4.81. The molecule has 0 fully saturated rings. The van der Waals surface area contributed by atoms with Crippen LogP contribution < -0.4 is 0 Å². The summed E-state index contributed by atoms with van der Waals surface area (Å²) in [5.41, 5.74) is 4.11. The molecule has 0 saturated carbocycles. The third-order valence-electron chi connectivity index (χ3n) is 3.47. The molecule has 0 aliphatic rings. The number of carbonyl (C=O) groups excluding carboxylic acids is 1. The van der Waals surface area contributed by atoms with Crippen LogP contribution in [-0.4, -0.2) is 22.4 Å². The van der Waals surface area contributed by atoms with Crippen LogP contribution >= 0.6 is 0 Å². The molecule has 0 radical (unpaired) electrons. The Balaban J connectivity index is 2.44. The Morgan fingerprint density at radius 3 is 2.43 bits per heavy atom. The Hall–Kier alpha value is -2.10. The number of aryl methyl sites for hydroxylation is 1. The molecule has 2 rings (SSSR count). The Morgan fingerprint density at radius 1 is 1.14 bits per heavy atom. The van der Waals surface area contributed by atoms with Crippen LogP contribution in [0.2, 0.25) is 0 Å². The number of benzene rings is 1. The number of nitrogens with zero attached hydrogens (tertiary/aromatic N) is 2. The average Bonchev–Trinajstić information content (AvgIpc) is 2.86. The summed E-state index contributed by atoms with van der Waals surface area (Å²) < 4.78 is 7.04. The molecule has 21 heavy (non-hydrogen) atoms. The molecule has 1 aromatic heterocycles. The first-order chi connectivity index (χ1) is 10.2. The highest BCUT2D eigenvalue weighted by Crippen LogP contribution is 2.21. The predicted molar refractivity (Wildman–Crippen MR) is 82.7 cm³/mol. The largest absolute Gasteiger partial charge is 0.466 e. The van der Waals surface area contributed by atoms with Crippen LogP contribution in [0.4, 0.5) is 0 Å². The van der Waals surface area contributed by atoms with Crippen LogP contribution in [0.15, 0.2) is 30.3 Å². The highest BCUT2D eigenvalue weighted by atomic mass is 16.5. The Labute approximate surface area is 125 Å².